The number of amides is 4. The van der Waals surface area contributed by atoms with Crippen molar-refractivity contribution in [3.63, 3.8) is 0 Å². The van der Waals surface area contributed by atoms with Crippen LogP contribution in [0.5, 0.6) is 11.5 Å². The number of hydrogen-bond donors (Lipinski definition) is 2. The van der Waals surface area contributed by atoms with Gasteiger partial charge >= 0.3 is 6.03 Å². The van der Waals surface area contributed by atoms with E-state index < -0.39 is 29.9 Å². The molecule has 7 nitrogen and oxygen atoms in total. The van der Waals surface area contributed by atoms with Crippen LogP contribution in [0.15, 0.2) is 83.3 Å². The smallest absolute Gasteiger partial charge is 0.325 e. The quantitative estimate of drug-likeness (QED) is 0.489. The summed E-state index contributed by atoms with van der Waals surface area (Å²) in [5, 5.41) is 5.39. The summed E-state index contributed by atoms with van der Waals surface area (Å²) in [7, 11) is 0. The highest BCUT2D eigenvalue weighted by molar-refractivity contribution is 9.10. The average Bonchev–Trinajstić information content (AvgIpc) is 3.00. The molecule has 0 bridgehead atoms. The molecule has 4 rings (SSSR count). The highest BCUT2D eigenvalue weighted by Gasteiger charge is 2.49. The van der Waals surface area contributed by atoms with E-state index in [-0.39, 0.29) is 0 Å². The van der Waals surface area contributed by atoms with Gasteiger partial charge in [0.25, 0.3) is 5.91 Å². The van der Waals surface area contributed by atoms with Crippen LogP contribution in [-0.2, 0) is 15.1 Å². The zero-order valence-electron chi connectivity index (χ0n) is 17.2. The molecule has 1 aliphatic rings. The predicted octanol–water partition coefficient (Wildman–Crippen LogP) is 4.65. The lowest BCUT2D eigenvalue weighted by Crippen LogP contribution is -2.42. The number of urea groups is 1. The monoisotopic (exact) mass is 493 g/mol. The molecule has 162 valence electrons. The minimum atomic E-state index is -1.24. The van der Waals surface area contributed by atoms with Crippen LogP contribution in [-0.4, -0.2) is 29.3 Å². The third-order valence-electron chi connectivity index (χ3n) is 5.10. The number of benzene rings is 3. The van der Waals surface area contributed by atoms with Crippen molar-refractivity contribution in [2.45, 2.75) is 12.5 Å². The number of hydrogen-bond acceptors (Lipinski definition) is 4. The second-order valence-corrected chi connectivity index (χ2v) is 8.36. The first-order valence-electron chi connectivity index (χ1n) is 9.88. The molecule has 1 saturated heterocycles. The van der Waals surface area contributed by atoms with Gasteiger partial charge in [0, 0.05) is 10.2 Å². The molecule has 0 radical (unpaired) electrons. The predicted molar refractivity (Wildman–Crippen MR) is 123 cm³/mol. The van der Waals surface area contributed by atoms with Crippen molar-refractivity contribution in [3.05, 3.63) is 88.9 Å². The second-order valence-electron chi connectivity index (χ2n) is 7.44. The first-order valence-corrected chi connectivity index (χ1v) is 10.7. The molecular weight excluding hydrogens is 474 g/mol. The van der Waals surface area contributed by atoms with Crippen LogP contribution < -0.4 is 15.4 Å². The summed E-state index contributed by atoms with van der Waals surface area (Å²) >= 11 is 3.37. The van der Waals surface area contributed by atoms with Crippen LogP contribution in [0.1, 0.15) is 12.5 Å². The van der Waals surface area contributed by atoms with Gasteiger partial charge in [-0.25, -0.2) is 4.79 Å². The fourth-order valence-corrected chi connectivity index (χ4v) is 3.81. The number of halogens is 1. The molecule has 3 aromatic carbocycles. The molecule has 0 aromatic heterocycles. The summed E-state index contributed by atoms with van der Waals surface area (Å²) in [5.41, 5.74) is -0.0863. The summed E-state index contributed by atoms with van der Waals surface area (Å²) in [4.78, 5) is 38.9. The molecule has 8 heteroatoms. The molecule has 1 aliphatic heterocycles. The van der Waals surface area contributed by atoms with Crippen molar-refractivity contribution in [2.75, 3.05) is 11.9 Å². The lowest BCUT2D eigenvalue weighted by atomic mass is 9.92. The van der Waals surface area contributed by atoms with Gasteiger partial charge in [-0.15, -0.1) is 0 Å². The molecular formula is C24H20BrN3O4. The maximum atomic E-state index is 13.0. The number of carbonyl (C=O) groups is 3. The minimum Gasteiger partial charge on any atom is -0.457 e. The highest BCUT2D eigenvalue weighted by Crippen LogP contribution is 2.30. The average molecular weight is 494 g/mol. The second kappa shape index (κ2) is 8.84. The van der Waals surface area contributed by atoms with E-state index in [1.54, 1.807) is 49.4 Å². The third kappa shape index (κ3) is 4.50. The first kappa shape index (κ1) is 21.6. The summed E-state index contributed by atoms with van der Waals surface area (Å²) in [5.74, 6) is 0.357. The normalized spacial score (nSPS) is 17.8. The number of nitrogens with one attached hydrogen (secondary N) is 2. The van der Waals surface area contributed by atoms with Crippen LogP contribution in [0.3, 0.4) is 0 Å². The van der Waals surface area contributed by atoms with E-state index >= 15 is 0 Å². The molecule has 3 aromatic rings. The van der Waals surface area contributed by atoms with E-state index in [9.17, 15) is 14.4 Å². The Morgan fingerprint density at radius 3 is 2.38 bits per heavy atom. The van der Waals surface area contributed by atoms with E-state index in [4.69, 9.17) is 4.74 Å². The van der Waals surface area contributed by atoms with E-state index in [0.29, 0.717) is 22.7 Å². The first-order chi connectivity index (χ1) is 15.3. The third-order valence-corrected chi connectivity index (χ3v) is 5.59. The van der Waals surface area contributed by atoms with E-state index in [1.165, 1.54) is 0 Å². The van der Waals surface area contributed by atoms with Crippen LogP contribution in [0, 0.1) is 0 Å². The van der Waals surface area contributed by atoms with Crippen molar-refractivity contribution in [1.82, 2.24) is 10.2 Å². The summed E-state index contributed by atoms with van der Waals surface area (Å²) < 4.78 is 6.51. The van der Waals surface area contributed by atoms with Gasteiger partial charge in [-0.1, -0.05) is 46.3 Å². The lowest BCUT2D eigenvalue weighted by molar-refractivity contribution is -0.133. The molecule has 1 atom stereocenters. The minimum absolute atomic E-state index is 0.392. The largest absolute Gasteiger partial charge is 0.457 e. The van der Waals surface area contributed by atoms with E-state index in [1.807, 2.05) is 36.4 Å². The highest BCUT2D eigenvalue weighted by atomic mass is 79.9. The Morgan fingerprint density at radius 2 is 1.69 bits per heavy atom. The summed E-state index contributed by atoms with van der Waals surface area (Å²) in [6.07, 6.45) is 0. The number of anilines is 1. The molecule has 0 spiro atoms. The van der Waals surface area contributed by atoms with Gasteiger partial charge in [-0.2, -0.15) is 0 Å². The van der Waals surface area contributed by atoms with Gasteiger partial charge in [-0.05, 0) is 61.0 Å². The number of imide groups is 1. The number of para-hydroxylation sites is 1. The van der Waals surface area contributed by atoms with Crippen LogP contribution in [0.2, 0.25) is 0 Å². The van der Waals surface area contributed by atoms with Gasteiger partial charge in [0.05, 0.1) is 0 Å². The molecule has 32 heavy (non-hydrogen) atoms. The number of carbonyl (C=O) groups excluding carboxylic acids is 3. The molecule has 2 N–H and O–H groups in total. The van der Waals surface area contributed by atoms with E-state index in [0.717, 1.165) is 9.37 Å². The maximum Gasteiger partial charge on any atom is 0.325 e. The van der Waals surface area contributed by atoms with Gasteiger partial charge in [-0.3, -0.25) is 14.5 Å². The van der Waals surface area contributed by atoms with Crippen molar-refractivity contribution >= 4 is 39.5 Å². The zero-order valence-corrected chi connectivity index (χ0v) is 18.8. The van der Waals surface area contributed by atoms with Crippen molar-refractivity contribution in [3.8, 4) is 11.5 Å². The zero-order chi connectivity index (χ0) is 22.7. The van der Waals surface area contributed by atoms with Gasteiger partial charge < -0.3 is 15.4 Å². The van der Waals surface area contributed by atoms with Crippen molar-refractivity contribution in [2.24, 2.45) is 0 Å². The summed E-state index contributed by atoms with van der Waals surface area (Å²) in [6, 6.07) is 22.7. The number of rotatable bonds is 6. The van der Waals surface area contributed by atoms with Gasteiger partial charge in [0.2, 0.25) is 5.91 Å². The van der Waals surface area contributed by atoms with Gasteiger partial charge in [0.1, 0.15) is 23.6 Å². The fourth-order valence-electron chi connectivity index (χ4n) is 3.41. The van der Waals surface area contributed by atoms with E-state index in [2.05, 4.69) is 26.6 Å². The Morgan fingerprint density at radius 1 is 1.00 bits per heavy atom. The Bertz CT molecular complexity index is 1170. The fraction of sp³-hybridized carbons (Fsp3) is 0.125. The maximum absolute atomic E-state index is 13.0. The van der Waals surface area contributed by atoms with Crippen molar-refractivity contribution in [1.29, 1.82) is 0 Å². The molecule has 4 amide bonds. The molecule has 1 heterocycles. The molecule has 0 aliphatic carbocycles. The molecule has 1 fully saturated rings. The van der Waals surface area contributed by atoms with Gasteiger partial charge in [0.15, 0.2) is 0 Å². The lowest BCUT2D eigenvalue weighted by Gasteiger charge is -2.22. The number of nitrogens with zero attached hydrogens (tertiary/aromatic N) is 1. The Balaban J connectivity index is 1.39. The Hall–Kier alpha value is -3.65. The Labute approximate surface area is 193 Å². The van der Waals surface area contributed by atoms with Crippen molar-refractivity contribution < 1.29 is 19.1 Å². The van der Waals surface area contributed by atoms with Crippen LogP contribution in [0.25, 0.3) is 0 Å². The molecule has 0 saturated carbocycles. The topological polar surface area (TPSA) is 87.7 Å². The number of ether oxygens (including phenoxy) is 1. The molecule has 1 unspecified atom stereocenters. The van der Waals surface area contributed by atoms with Crippen LogP contribution in [0.4, 0.5) is 10.5 Å². The SMILES string of the molecule is CC1(c2cccc(Br)c2)NC(=O)N(CC(=O)Nc2ccc(Oc3ccccc3)cc2)C1=O. The Kier molecular flexibility index (Phi) is 5.96. The summed E-state index contributed by atoms with van der Waals surface area (Å²) in [6.45, 7) is 1.23. The standard InChI is InChI=1S/C24H20BrN3O4/c1-24(16-6-5-7-17(25)14-16)22(30)28(23(31)27-24)15-21(29)26-18-10-12-20(13-11-18)32-19-8-3-2-4-9-19/h2-14H,15H2,1H3,(H,26,29)(H,27,31). The van der Waals surface area contributed by atoms with Crippen LogP contribution >= 0.6 is 15.9 Å².